The summed E-state index contributed by atoms with van der Waals surface area (Å²) < 4.78 is 10.7. The molecule has 0 aromatic heterocycles. The Hall–Kier alpha value is -1.10. The van der Waals surface area contributed by atoms with E-state index in [4.69, 9.17) is 9.47 Å². The minimum absolute atomic E-state index is 0. The van der Waals surface area contributed by atoms with Gasteiger partial charge in [0, 0.05) is 32.7 Å². The van der Waals surface area contributed by atoms with E-state index in [1.165, 1.54) is 0 Å². The van der Waals surface area contributed by atoms with Gasteiger partial charge in [-0.05, 0) is 38.0 Å². The number of aliphatic hydroxyl groups is 1. The highest BCUT2D eigenvalue weighted by atomic mass is 127. The third-order valence-corrected chi connectivity index (χ3v) is 4.54. The summed E-state index contributed by atoms with van der Waals surface area (Å²) in [5.74, 6) is 1.56. The van der Waals surface area contributed by atoms with E-state index in [0.29, 0.717) is 25.6 Å². The smallest absolute Gasteiger partial charge is 0.191 e. The molecular formula is C20H35IN4O3. The van der Waals surface area contributed by atoms with Gasteiger partial charge in [0.15, 0.2) is 5.96 Å². The predicted octanol–water partition coefficient (Wildman–Crippen LogP) is 1.76. The fraction of sp³-hybridized carbons (Fsp3) is 0.650. The van der Waals surface area contributed by atoms with Gasteiger partial charge in [-0.1, -0.05) is 12.1 Å². The van der Waals surface area contributed by atoms with Crippen molar-refractivity contribution in [1.82, 2.24) is 15.5 Å². The van der Waals surface area contributed by atoms with Gasteiger partial charge in [0.2, 0.25) is 0 Å². The van der Waals surface area contributed by atoms with Crippen LogP contribution in [0.25, 0.3) is 0 Å². The summed E-state index contributed by atoms with van der Waals surface area (Å²) in [6.07, 6.45) is 0. The zero-order chi connectivity index (χ0) is 19.7. The summed E-state index contributed by atoms with van der Waals surface area (Å²) in [6, 6.07) is 6.10. The Kier molecular flexibility index (Phi) is 11.1. The van der Waals surface area contributed by atoms with Gasteiger partial charge in [-0.3, -0.25) is 4.90 Å². The second-order valence-electron chi connectivity index (χ2n) is 7.24. The summed E-state index contributed by atoms with van der Waals surface area (Å²) in [4.78, 5) is 6.86. The Morgan fingerprint density at radius 2 is 2.04 bits per heavy atom. The Balaban J connectivity index is 0.00000392. The second kappa shape index (κ2) is 12.5. The number of β-amino-alcohol motifs (C(OH)–C–C–N with tert-alkyl or cyclic N) is 1. The molecule has 1 aromatic carbocycles. The lowest BCUT2D eigenvalue weighted by Gasteiger charge is -2.34. The topological polar surface area (TPSA) is 78.4 Å². The zero-order valence-electron chi connectivity index (χ0n) is 17.5. The number of aliphatic imine (C=N–C) groups is 1. The molecule has 1 aliphatic rings. The molecule has 1 heterocycles. The van der Waals surface area contributed by atoms with Crippen LogP contribution < -0.4 is 15.4 Å². The van der Waals surface area contributed by atoms with Crippen LogP contribution in [0.5, 0.6) is 5.75 Å². The fourth-order valence-electron chi connectivity index (χ4n) is 3.05. The number of aryl methyl sites for hydroxylation is 1. The molecule has 0 radical (unpaired) electrons. The lowest BCUT2D eigenvalue weighted by atomic mass is 10.1. The van der Waals surface area contributed by atoms with Crippen molar-refractivity contribution in [1.29, 1.82) is 0 Å². The second-order valence-corrected chi connectivity index (χ2v) is 7.24. The van der Waals surface area contributed by atoms with Crippen LogP contribution in [0.15, 0.2) is 23.2 Å². The van der Waals surface area contributed by atoms with Crippen molar-refractivity contribution < 1.29 is 14.6 Å². The van der Waals surface area contributed by atoms with Crippen molar-refractivity contribution in [3.63, 3.8) is 0 Å². The van der Waals surface area contributed by atoms with Crippen LogP contribution in [0.2, 0.25) is 0 Å². The van der Waals surface area contributed by atoms with E-state index >= 15 is 0 Å². The maximum Gasteiger partial charge on any atom is 0.191 e. The minimum Gasteiger partial charge on any atom is -0.496 e. The van der Waals surface area contributed by atoms with E-state index in [-0.39, 0.29) is 24.0 Å². The predicted molar refractivity (Wildman–Crippen MR) is 124 cm³/mol. The standard InChI is InChI=1S/C20H34N4O3.HI/c1-5-21-19(22-13-17-7-6-16(2)18(12-17)26-4)23-14-20(3,25)15-24-8-10-27-11-9-24;/h6-7,12,25H,5,8-11,13-15H2,1-4H3,(H2,21,22,23);1H. The third-order valence-electron chi connectivity index (χ3n) is 4.54. The highest BCUT2D eigenvalue weighted by molar-refractivity contribution is 14.0. The van der Waals surface area contributed by atoms with Gasteiger partial charge >= 0.3 is 0 Å². The summed E-state index contributed by atoms with van der Waals surface area (Å²) in [5.41, 5.74) is 1.34. The van der Waals surface area contributed by atoms with Crippen molar-refractivity contribution in [2.75, 3.05) is 53.0 Å². The normalized spacial score (nSPS) is 17.4. The number of guanidine groups is 1. The molecule has 8 heteroatoms. The van der Waals surface area contributed by atoms with Crippen molar-refractivity contribution in [2.24, 2.45) is 4.99 Å². The van der Waals surface area contributed by atoms with Crippen LogP contribution >= 0.6 is 24.0 Å². The number of halogens is 1. The number of rotatable bonds is 8. The summed E-state index contributed by atoms with van der Waals surface area (Å²) in [6.45, 7) is 11.4. The molecule has 3 N–H and O–H groups in total. The molecule has 7 nitrogen and oxygen atoms in total. The molecule has 0 bridgehead atoms. The monoisotopic (exact) mass is 506 g/mol. The Bertz CT molecular complexity index is 619. The molecule has 1 unspecified atom stereocenters. The van der Waals surface area contributed by atoms with Gasteiger partial charge in [0.1, 0.15) is 5.75 Å². The first kappa shape index (κ1) is 24.9. The first-order valence-electron chi connectivity index (χ1n) is 9.61. The van der Waals surface area contributed by atoms with E-state index < -0.39 is 5.60 Å². The number of hydrogen-bond donors (Lipinski definition) is 3. The molecular weight excluding hydrogens is 471 g/mol. The van der Waals surface area contributed by atoms with Crippen LogP contribution in [-0.4, -0.2) is 74.6 Å². The first-order valence-corrected chi connectivity index (χ1v) is 9.61. The van der Waals surface area contributed by atoms with Gasteiger partial charge in [-0.25, -0.2) is 4.99 Å². The number of ether oxygens (including phenoxy) is 2. The van der Waals surface area contributed by atoms with Gasteiger partial charge < -0.3 is 25.2 Å². The SMILES string of the molecule is CCNC(=NCc1ccc(C)c(OC)c1)NCC(C)(O)CN1CCOCC1.I. The van der Waals surface area contributed by atoms with E-state index in [0.717, 1.165) is 49.7 Å². The number of benzene rings is 1. The number of hydrogen-bond acceptors (Lipinski definition) is 5. The third kappa shape index (κ3) is 8.50. The number of methoxy groups -OCH3 is 1. The molecule has 1 fully saturated rings. The van der Waals surface area contributed by atoms with Crippen molar-refractivity contribution >= 4 is 29.9 Å². The average Bonchev–Trinajstić information content (AvgIpc) is 2.65. The molecule has 0 saturated carbocycles. The van der Waals surface area contributed by atoms with E-state index in [2.05, 4.69) is 26.6 Å². The van der Waals surface area contributed by atoms with Crippen molar-refractivity contribution in [2.45, 2.75) is 32.9 Å². The molecule has 2 rings (SSSR count). The highest BCUT2D eigenvalue weighted by Crippen LogP contribution is 2.19. The number of morpholine rings is 1. The van der Waals surface area contributed by atoms with Gasteiger partial charge in [-0.2, -0.15) is 0 Å². The van der Waals surface area contributed by atoms with E-state index in [1.54, 1.807) is 7.11 Å². The molecule has 0 amide bonds. The summed E-state index contributed by atoms with van der Waals surface area (Å²) >= 11 is 0. The maximum atomic E-state index is 10.7. The van der Waals surface area contributed by atoms with Gasteiger partial charge in [-0.15, -0.1) is 24.0 Å². The average molecular weight is 506 g/mol. The molecule has 1 atom stereocenters. The first-order chi connectivity index (χ1) is 12.9. The van der Waals surface area contributed by atoms with Gasteiger partial charge in [0.05, 0.1) is 32.5 Å². The molecule has 28 heavy (non-hydrogen) atoms. The fourth-order valence-corrected chi connectivity index (χ4v) is 3.05. The van der Waals surface area contributed by atoms with E-state index in [1.807, 2.05) is 32.9 Å². The number of nitrogens with zero attached hydrogens (tertiary/aromatic N) is 2. The van der Waals surface area contributed by atoms with Crippen molar-refractivity contribution in [3.05, 3.63) is 29.3 Å². The van der Waals surface area contributed by atoms with Crippen LogP contribution in [0, 0.1) is 6.92 Å². The Labute approximate surface area is 185 Å². The minimum atomic E-state index is -0.847. The largest absolute Gasteiger partial charge is 0.496 e. The Morgan fingerprint density at radius 3 is 2.68 bits per heavy atom. The lowest BCUT2D eigenvalue weighted by Crippen LogP contribution is -2.52. The number of nitrogens with one attached hydrogen (secondary N) is 2. The highest BCUT2D eigenvalue weighted by Gasteiger charge is 2.25. The van der Waals surface area contributed by atoms with Crippen LogP contribution in [0.4, 0.5) is 0 Å². The molecule has 1 saturated heterocycles. The summed E-state index contributed by atoms with van der Waals surface area (Å²) in [5, 5.41) is 17.2. The zero-order valence-corrected chi connectivity index (χ0v) is 19.8. The quantitative estimate of drug-likeness (QED) is 0.284. The van der Waals surface area contributed by atoms with Crippen LogP contribution in [-0.2, 0) is 11.3 Å². The maximum absolute atomic E-state index is 10.7. The summed E-state index contributed by atoms with van der Waals surface area (Å²) in [7, 11) is 1.68. The van der Waals surface area contributed by atoms with Crippen LogP contribution in [0.3, 0.4) is 0 Å². The molecule has 0 spiro atoms. The van der Waals surface area contributed by atoms with E-state index in [9.17, 15) is 5.11 Å². The molecule has 1 aromatic rings. The van der Waals surface area contributed by atoms with Crippen molar-refractivity contribution in [3.8, 4) is 5.75 Å². The Morgan fingerprint density at radius 1 is 1.32 bits per heavy atom. The van der Waals surface area contributed by atoms with Gasteiger partial charge in [0.25, 0.3) is 0 Å². The lowest BCUT2D eigenvalue weighted by molar-refractivity contribution is -0.0201. The molecule has 1 aliphatic heterocycles. The molecule has 0 aliphatic carbocycles. The van der Waals surface area contributed by atoms with Crippen LogP contribution in [0.1, 0.15) is 25.0 Å². The molecule has 160 valence electrons.